The second-order valence-electron chi connectivity index (χ2n) is 4.58. The maximum absolute atomic E-state index is 12.0. The molecule has 2 aromatic carbocycles. The van der Waals surface area contributed by atoms with Crippen molar-refractivity contribution in [2.45, 2.75) is 13.0 Å². The van der Waals surface area contributed by atoms with Crippen molar-refractivity contribution >= 4 is 11.9 Å². The number of amides is 1. The van der Waals surface area contributed by atoms with Crippen molar-refractivity contribution in [3.05, 3.63) is 71.8 Å². The molecule has 108 valence electrons. The summed E-state index contributed by atoms with van der Waals surface area (Å²) in [5, 5.41) is 2.79. The van der Waals surface area contributed by atoms with Gasteiger partial charge < -0.3 is 10.1 Å². The van der Waals surface area contributed by atoms with Crippen molar-refractivity contribution in [2.24, 2.45) is 0 Å². The van der Waals surface area contributed by atoms with E-state index in [-0.39, 0.29) is 18.4 Å². The van der Waals surface area contributed by atoms with Gasteiger partial charge in [0.15, 0.2) is 0 Å². The normalized spacial score (nSPS) is 11.5. The number of esters is 1. The molecule has 4 heteroatoms. The van der Waals surface area contributed by atoms with Crippen molar-refractivity contribution in [2.75, 3.05) is 6.54 Å². The van der Waals surface area contributed by atoms with Crippen LogP contribution in [0.15, 0.2) is 60.7 Å². The summed E-state index contributed by atoms with van der Waals surface area (Å²) in [4.78, 5) is 23.2. The maximum atomic E-state index is 12.0. The summed E-state index contributed by atoms with van der Waals surface area (Å²) in [6.07, 6.45) is -0.489. The molecule has 0 fully saturated rings. The summed E-state index contributed by atoms with van der Waals surface area (Å²) in [7, 11) is 0. The molecule has 0 bridgehead atoms. The summed E-state index contributed by atoms with van der Waals surface area (Å²) in [6.45, 7) is 1.59. The number of carbonyl (C=O) groups excluding carboxylic acids is 2. The Balaban J connectivity index is 2.03. The zero-order valence-corrected chi connectivity index (χ0v) is 11.8. The lowest BCUT2D eigenvalue weighted by Gasteiger charge is -2.18. The largest absolute Gasteiger partial charge is 0.456 e. The molecular weight excluding hydrogens is 266 g/mol. The van der Waals surface area contributed by atoms with Crippen LogP contribution in [0.4, 0.5) is 0 Å². The summed E-state index contributed by atoms with van der Waals surface area (Å²) < 4.78 is 5.27. The molecule has 1 amide bonds. The Labute approximate surface area is 123 Å². The van der Waals surface area contributed by atoms with Crippen LogP contribution in [0.3, 0.4) is 0 Å². The van der Waals surface area contributed by atoms with Gasteiger partial charge in [-0.2, -0.15) is 0 Å². The SMILES string of the molecule is CC(=O)OC(CNC(=O)c1ccccc1)c1ccccc1. The van der Waals surface area contributed by atoms with Crippen LogP contribution >= 0.6 is 0 Å². The van der Waals surface area contributed by atoms with Gasteiger partial charge in [0, 0.05) is 12.5 Å². The molecule has 1 atom stereocenters. The Morgan fingerprint density at radius 3 is 2.14 bits per heavy atom. The van der Waals surface area contributed by atoms with Crippen molar-refractivity contribution in [3.8, 4) is 0 Å². The number of ether oxygens (including phenoxy) is 1. The summed E-state index contributed by atoms with van der Waals surface area (Å²) in [6, 6.07) is 18.3. The predicted molar refractivity (Wildman–Crippen MR) is 79.7 cm³/mol. The number of rotatable bonds is 5. The van der Waals surface area contributed by atoms with E-state index in [0.29, 0.717) is 5.56 Å². The van der Waals surface area contributed by atoms with Crippen LogP contribution in [-0.4, -0.2) is 18.4 Å². The van der Waals surface area contributed by atoms with Gasteiger partial charge in [-0.3, -0.25) is 9.59 Å². The van der Waals surface area contributed by atoms with Crippen molar-refractivity contribution < 1.29 is 14.3 Å². The van der Waals surface area contributed by atoms with E-state index in [2.05, 4.69) is 5.32 Å². The second-order valence-corrected chi connectivity index (χ2v) is 4.58. The minimum Gasteiger partial charge on any atom is -0.456 e. The number of nitrogens with one attached hydrogen (secondary N) is 1. The third-order valence-corrected chi connectivity index (χ3v) is 2.96. The van der Waals surface area contributed by atoms with E-state index in [9.17, 15) is 9.59 Å². The number of carbonyl (C=O) groups is 2. The van der Waals surface area contributed by atoms with E-state index in [4.69, 9.17) is 4.74 Å². The smallest absolute Gasteiger partial charge is 0.303 e. The van der Waals surface area contributed by atoms with Crippen LogP contribution in [0.2, 0.25) is 0 Å². The van der Waals surface area contributed by atoms with E-state index < -0.39 is 6.10 Å². The summed E-state index contributed by atoms with van der Waals surface area (Å²) in [5.41, 5.74) is 1.42. The lowest BCUT2D eigenvalue weighted by Crippen LogP contribution is -2.30. The Morgan fingerprint density at radius 2 is 1.57 bits per heavy atom. The van der Waals surface area contributed by atoms with Crippen LogP contribution in [0, 0.1) is 0 Å². The van der Waals surface area contributed by atoms with E-state index in [0.717, 1.165) is 5.56 Å². The fourth-order valence-corrected chi connectivity index (χ4v) is 1.97. The molecule has 0 spiro atoms. The third kappa shape index (κ3) is 4.45. The highest BCUT2D eigenvalue weighted by Gasteiger charge is 2.16. The van der Waals surface area contributed by atoms with Gasteiger partial charge in [-0.1, -0.05) is 48.5 Å². The van der Waals surface area contributed by atoms with Gasteiger partial charge in [-0.15, -0.1) is 0 Å². The Bertz CT molecular complexity index is 596. The highest BCUT2D eigenvalue weighted by molar-refractivity contribution is 5.94. The minimum absolute atomic E-state index is 0.191. The quantitative estimate of drug-likeness (QED) is 0.858. The molecule has 2 aromatic rings. The summed E-state index contributed by atoms with van der Waals surface area (Å²) in [5.74, 6) is -0.568. The van der Waals surface area contributed by atoms with Gasteiger partial charge in [-0.05, 0) is 17.7 Å². The first-order valence-corrected chi connectivity index (χ1v) is 6.72. The van der Waals surface area contributed by atoms with Gasteiger partial charge in [0.1, 0.15) is 6.10 Å². The molecule has 21 heavy (non-hydrogen) atoms. The lowest BCUT2D eigenvalue weighted by atomic mass is 10.1. The summed E-state index contributed by atoms with van der Waals surface area (Å²) >= 11 is 0. The average Bonchev–Trinajstić information content (AvgIpc) is 2.52. The molecule has 0 aliphatic carbocycles. The first-order valence-electron chi connectivity index (χ1n) is 6.72. The minimum atomic E-state index is -0.489. The molecule has 0 saturated heterocycles. The molecule has 0 aliphatic rings. The van der Waals surface area contributed by atoms with E-state index in [1.165, 1.54) is 6.92 Å². The first-order chi connectivity index (χ1) is 10.2. The van der Waals surface area contributed by atoms with E-state index >= 15 is 0 Å². The highest BCUT2D eigenvalue weighted by atomic mass is 16.5. The molecule has 0 saturated carbocycles. The molecule has 0 aliphatic heterocycles. The Kier molecular flexibility index (Phi) is 5.10. The van der Waals surface area contributed by atoms with Gasteiger partial charge in [0.05, 0.1) is 6.54 Å². The zero-order chi connectivity index (χ0) is 15.1. The molecule has 1 unspecified atom stereocenters. The van der Waals surface area contributed by atoms with E-state index in [1.54, 1.807) is 24.3 Å². The van der Waals surface area contributed by atoms with Crippen molar-refractivity contribution in [3.63, 3.8) is 0 Å². The highest BCUT2D eigenvalue weighted by Crippen LogP contribution is 2.16. The number of benzene rings is 2. The topological polar surface area (TPSA) is 55.4 Å². The monoisotopic (exact) mass is 283 g/mol. The van der Waals surface area contributed by atoms with Gasteiger partial charge in [0.25, 0.3) is 5.91 Å². The molecule has 1 N–H and O–H groups in total. The standard InChI is InChI=1S/C17H17NO3/c1-13(19)21-16(14-8-4-2-5-9-14)12-18-17(20)15-10-6-3-7-11-15/h2-11,16H,12H2,1H3,(H,18,20). The molecule has 4 nitrogen and oxygen atoms in total. The predicted octanol–water partition coefficient (Wildman–Crippen LogP) is 2.72. The molecule has 2 rings (SSSR count). The molecule has 0 aromatic heterocycles. The van der Waals surface area contributed by atoms with Crippen LogP contribution in [0.5, 0.6) is 0 Å². The van der Waals surface area contributed by atoms with Gasteiger partial charge in [0.2, 0.25) is 0 Å². The van der Waals surface area contributed by atoms with Crippen LogP contribution in [0.25, 0.3) is 0 Å². The van der Waals surface area contributed by atoms with Gasteiger partial charge >= 0.3 is 5.97 Å². The lowest BCUT2D eigenvalue weighted by molar-refractivity contribution is -0.146. The molecular formula is C17H17NO3. The Morgan fingerprint density at radius 1 is 1.00 bits per heavy atom. The van der Waals surface area contributed by atoms with Gasteiger partial charge in [-0.25, -0.2) is 0 Å². The second kappa shape index (κ2) is 7.24. The Hall–Kier alpha value is -2.62. The van der Waals surface area contributed by atoms with Crippen LogP contribution < -0.4 is 5.32 Å². The fourth-order valence-electron chi connectivity index (χ4n) is 1.97. The first kappa shape index (κ1) is 14.8. The van der Waals surface area contributed by atoms with Crippen LogP contribution in [0.1, 0.15) is 28.9 Å². The molecule has 0 heterocycles. The van der Waals surface area contributed by atoms with Crippen molar-refractivity contribution in [1.82, 2.24) is 5.32 Å². The van der Waals surface area contributed by atoms with Crippen molar-refractivity contribution in [1.29, 1.82) is 0 Å². The van der Waals surface area contributed by atoms with Crippen LogP contribution in [-0.2, 0) is 9.53 Å². The average molecular weight is 283 g/mol. The zero-order valence-electron chi connectivity index (χ0n) is 11.8. The molecule has 0 radical (unpaired) electrons. The number of hydrogen-bond acceptors (Lipinski definition) is 3. The third-order valence-electron chi connectivity index (χ3n) is 2.96. The van der Waals surface area contributed by atoms with E-state index in [1.807, 2.05) is 36.4 Å². The fraction of sp³-hybridized carbons (Fsp3) is 0.176. The number of hydrogen-bond donors (Lipinski definition) is 1. The maximum Gasteiger partial charge on any atom is 0.303 e.